The molecule has 0 heterocycles. The van der Waals surface area contributed by atoms with Crippen LogP contribution in [0.25, 0.3) is 0 Å². The van der Waals surface area contributed by atoms with Crippen molar-refractivity contribution >= 4 is 12.1 Å². The second kappa shape index (κ2) is 12.1. The molecule has 0 saturated heterocycles. The highest BCUT2D eigenvalue weighted by Gasteiger charge is 2.31. The molecule has 6 nitrogen and oxygen atoms in total. The van der Waals surface area contributed by atoms with Gasteiger partial charge in [-0.2, -0.15) is 0 Å². The zero-order valence-corrected chi connectivity index (χ0v) is 15.1. The zero-order chi connectivity index (χ0) is 17.8. The number of carbonyl (C=O) groups is 2. The number of alkyl carbamates (subject to hydrolysis) is 1. The summed E-state index contributed by atoms with van der Waals surface area (Å²) in [6.07, 6.45) is 7.52. The monoisotopic (exact) mass is 343 g/mol. The third-order valence-electron chi connectivity index (χ3n) is 4.53. The molecule has 0 radical (unpaired) electrons. The molecule has 140 valence electrons. The number of unbranched alkanes of at least 4 members (excludes halogenated alkanes) is 1. The van der Waals surface area contributed by atoms with Crippen LogP contribution in [0.5, 0.6) is 0 Å². The van der Waals surface area contributed by atoms with Crippen molar-refractivity contribution in [1.82, 2.24) is 5.32 Å². The summed E-state index contributed by atoms with van der Waals surface area (Å²) in [5.74, 6) is -0.00571. The van der Waals surface area contributed by atoms with Gasteiger partial charge in [0.2, 0.25) is 0 Å². The predicted molar refractivity (Wildman–Crippen MR) is 91.6 cm³/mol. The standard InChI is InChI=1S/C18H33NO5/c1-3-5-13-24-18(22)19-16(17(21)23-4-2)15(20)12-11-14-9-7-6-8-10-14/h14-16,20H,3-13H2,1-2H3,(H,19,22). The number of rotatable bonds is 10. The summed E-state index contributed by atoms with van der Waals surface area (Å²) in [7, 11) is 0. The number of nitrogens with one attached hydrogen (secondary N) is 1. The molecule has 24 heavy (non-hydrogen) atoms. The minimum atomic E-state index is -1.07. The van der Waals surface area contributed by atoms with Gasteiger partial charge in [0, 0.05) is 0 Å². The molecule has 1 amide bonds. The van der Waals surface area contributed by atoms with E-state index in [0.717, 1.165) is 19.3 Å². The first kappa shape index (κ1) is 20.7. The summed E-state index contributed by atoms with van der Waals surface area (Å²) < 4.78 is 9.99. The summed E-state index contributed by atoms with van der Waals surface area (Å²) in [4.78, 5) is 23.8. The summed E-state index contributed by atoms with van der Waals surface area (Å²) in [6.45, 7) is 4.20. The normalized spacial score (nSPS) is 17.8. The van der Waals surface area contributed by atoms with Gasteiger partial charge in [0.25, 0.3) is 0 Å². The lowest BCUT2D eigenvalue weighted by molar-refractivity contribution is -0.148. The van der Waals surface area contributed by atoms with Crippen LogP contribution in [0.1, 0.15) is 71.6 Å². The van der Waals surface area contributed by atoms with Crippen molar-refractivity contribution in [2.45, 2.75) is 83.8 Å². The van der Waals surface area contributed by atoms with Gasteiger partial charge in [-0.15, -0.1) is 0 Å². The van der Waals surface area contributed by atoms with Crippen LogP contribution < -0.4 is 5.32 Å². The summed E-state index contributed by atoms with van der Waals surface area (Å²) >= 11 is 0. The maximum atomic E-state index is 12.0. The summed E-state index contributed by atoms with van der Waals surface area (Å²) in [5, 5.41) is 12.8. The molecular formula is C18H33NO5. The molecule has 0 aliphatic heterocycles. The molecule has 1 aliphatic carbocycles. The zero-order valence-electron chi connectivity index (χ0n) is 15.1. The Balaban J connectivity index is 2.49. The number of hydrogen-bond acceptors (Lipinski definition) is 5. The van der Waals surface area contributed by atoms with E-state index in [2.05, 4.69) is 5.32 Å². The van der Waals surface area contributed by atoms with Crippen LogP contribution >= 0.6 is 0 Å². The van der Waals surface area contributed by atoms with E-state index in [1.54, 1.807) is 6.92 Å². The molecule has 2 N–H and O–H groups in total. The van der Waals surface area contributed by atoms with Crippen LogP contribution in [0.2, 0.25) is 0 Å². The van der Waals surface area contributed by atoms with Gasteiger partial charge in [0.1, 0.15) is 0 Å². The van der Waals surface area contributed by atoms with E-state index in [9.17, 15) is 14.7 Å². The Morgan fingerprint density at radius 1 is 1.17 bits per heavy atom. The molecule has 2 atom stereocenters. The van der Waals surface area contributed by atoms with E-state index in [1.165, 1.54) is 32.1 Å². The lowest BCUT2D eigenvalue weighted by Gasteiger charge is -2.26. The van der Waals surface area contributed by atoms with Gasteiger partial charge in [-0.05, 0) is 32.1 Å². The molecule has 1 rings (SSSR count). The quantitative estimate of drug-likeness (QED) is 0.470. The smallest absolute Gasteiger partial charge is 0.407 e. The van der Waals surface area contributed by atoms with Crippen LogP contribution in [0.4, 0.5) is 4.79 Å². The van der Waals surface area contributed by atoms with Crippen molar-refractivity contribution in [3.8, 4) is 0 Å². The Bertz CT molecular complexity index is 368. The molecule has 0 aromatic carbocycles. The van der Waals surface area contributed by atoms with E-state index in [0.29, 0.717) is 18.9 Å². The molecule has 6 heteroatoms. The first-order valence-electron chi connectivity index (χ1n) is 9.36. The highest BCUT2D eigenvalue weighted by atomic mass is 16.6. The highest BCUT2D eigenvalue weighted by molar-refractivity contribution is 5.81. The van der Waals surface area contributed by atoms with Gasteiger partial charge in [-0.3, -0.25) is 0 Å². The molecule has 0 aromatic heterocycles. The summed E-state index contributed by atoms with van der Waals surface area (Å²) in [6, 6.07) is -1.07. The second-order valence-corrected chi connectivity index (χ2v) is 6.51. The van der Waals surface area contributed by atoms with Crippen molar-refractivity contribution < 1.29 is 24.2 Å². The Morgan fingerprint density at radius 2 is 1.88 bits per heavy atom. The summed E-state index contributed by atoms with van der Waals surface area (Å²) in [5.41, 5.74) is 0. The Labute approximate surface area is 145 Å². The van der Waals surface area contributed by atoms with Gasteiger partial charge < -0.3 is 19.9 Å². The average molecular weight is 343 g/mol. The molecule has 0 aromatic rings. The minimum Gasteiger partial charge on any atom is -0.464 e. The van der Waals surface area contributed by atoms with Crippen LogP contribution in [0, 0.1) is 5.92 Å². The number of aliphatic hydroxyl groups excluding tert-OH is 1. The van der Waals surface area contributed by atoms with Crippen molar-refractivity contribution in [3.05, 3.63) is 0 Å². The number of amides is 1. The maximum Gasteiger partial charge on any atom is 0.407 e. The molecule has 1 saturated carbocycles. The van der Waals surface area contributed by atoms with Gasteiger partial charge in [0.15, 0.2) is 6.04 Å². The van der Waals surface area contributed by atoms with E-state index in [4.69, 9.17) is 9.47 Å². The molecule has 1 aliphatic rings. The Hall–Kier alpha value is -1.30. The average Bonchev–Trinajstić information content (AvgIpc) is 2.59. The topological polar surface area (TPSA) is 84.9 Å². The van der Waals surface area contributed by atoms with E-state index in [-0.39, 0.29) is 6.61 Å². The Kier molecular flexibility index (Phi) is 10.5. The van der Waals surface area contributed by atoms with Gasteiger partial charge in [-0.1, -0.05) is 45.4 Å². The van der Waals surface area contributed by atoms with Crippen molar-refractivity contribution in [3.63, 3.8) is 0 Å². The fraction of sp³-hybridized carbons (Fsp3) is 0.889. The lowest BCUT2D eigenvalue weighted by Crippen LogP contribution is -2.50. The fourth-order valence-corrected chi connectivity index (χ4v) is 3.07. The lowest BCUT2D eigenvalue weighted by atomic mass is 9.85. The SMILES string of the molecule is CCCCOC(=O)NC(C(=O)OCC)C(O)CCC1CCCCC1. The van der Waals surface area contributed by atoms with Crippen molar-refractivity contribution in [2.75, 3.05) is 13.2 Å². The molecule has 0 spiro atoms. The van der Waals surface area contributed by atoms with Crippen LogP contribution in [0.15, 0.2) is 0 Å². The largest absolute Gasteiger partial charge is 0.464 e. The highest BCUT2D eigenvalue weighted by Crippen LogP contribution is 2.28. The second-order valence-electron chi connectivity index (χ2n) is 6.51. The predicted octanol–water partition coefficient (Wildman–Crippen LogP) is 3.17. The molecule has 0 bridgehead atoms. The van der Waals surface area contributed by atoms with Crippen molar-refractivity contribution in [2.24, 2.45) is 5.92 Å². The number of esters is 1. The van der Waals surface area contributed by atoms with Crippen LogP contribution in [-0.2, 0) is 14.3 Å². The third kappa shape index (κ3) is 7.99. The Morgan fingerprint density at radius 3 is 2.50 bits per heavy atom. The van der Waals surface area contributed by atoms with Gasteiger partial charge in [-0.25, -0.2) is 9.59 Å². The maximum absolute atomic E-state index is 12.0. The van der Waals surface area contributed by atoms with Gasteiger partial charge >= 0.3 is 12.1 Å². The third-order valence-corrected chi connectivity index (χ3v) is 4.53. The molecule has 1 fully saturated rings. The first-order valence-corrected chi connectivity index (χ1v) is 9.36. The number of carbonyl (C=O) groups excluding carboxylic acids is 2. The first-order chi connectivity index (χ1) is 11.6. The minimum absolute atomic E-state index is 0.206. The fourth-order valence-electron chi connectivity index (χ4n) is 3.07. The van der Waals surface area contributed by atoms with E-state index < -0.39 is 24.2 Å². The number of hydrogen-bond donors (Lipinski definition) is 2. The number of ether oxygens (including phenoxy) is 2. The molecule has 2 unspecified atom stereocenters. The number of aliphatic hydroxyl groups is 1. The van der Waals surface area contributed by atoms with Crippen LogP contribution in [0.3, 0.4) is 0 Å². The van der Waals surface area contributed by atoms with E-state index in [1.807, 2.05) is 6.92 Å². The molecular weight excluding hydrogens is 310 g/mol. The van der Waals surface area contributed by atoms with Crippen LogP contribution in [-0.4, -0.2) is 42.5 Å². The van der Waals surface area contributed by atoms with Crippen molar-refractivity contribution in [1.29, 1.82) is 0 Å². The van der Waals surface area contributed by atoms with Gasteiger partial charge in [0.05, 0.1) is 19.3 Å². The van der Waals surface area contributed by atoms with E-state index >= 15 is 0 Å².